The van der Waals surface area contributed by atoms with Crippen molar-refractivity contribution in [3.63, 3.8) is 0 Å². The number of alkyl halides is 3. The van der Waals surface area contributed by atoms with E-state index in [-0.39, 0.29) is 31.0 Å². The van der Waals surface area contributed by atoms with Crippen molar-refractivity contribution < 1.29 is 37.0 Å². The van der Waals surface area contributed by atoms with E-state index in [2.05, 4.69) is 10.6 Å². The molecule has 35 heavy (non-hydrogen) atoms. The summed E-state index contributed by atoms with van der Waals surface area (Å²) in [6.07, 6.45) is -4.57. The van der Waals surface area contributed by atoms with Crippen molar-refractivity contribution in [3.8, 4) is 0 Å². The maximum atomic E-state index is 13.2. The van der Waals surface area contributed by atoms with Crippen molar-refractivity contribution in [3.05, 3.63) is 59.7 Å². The van der Waals surface area contributed by atoms with Crippen molar-refractivity contribution in [1.82, 2.24) is 5.32 Å². The van der Waals surface area contributed by atoms with E-state index in [9.17, 15) is 27.6 Å². The molecule has 0 unspecified atom stereocenters. The van der Waals surface area contributed by atoms with Gasteiger partial charge in [-0.15, -0.1) is 0 Å². The van der Waals surface area contributed by atoms with E-state index < -0.39 is 30.2 Å². The zero-order chi connectivity index (χ0) is 25.3. The highest BCUT2D eigenvalue weighted by molar-refractivity contribution is 5.96. The van der Waals surface area contributed by atoms with Crippen LogP contribution in [-0.2, 0) is 36.5 Å². The predicted molar refractivity (Wildman–Crippen MR) is 122 cm³/mol. The van der Waals surface area contributed by atoms with E-state index in [1.165, 1.54) is 6.07 Å². The number of ether oxygens (including phenoxy) is 2. The third-order valence-corrected chi connectivity index (χ3v) is 5.17. The quantitative estimate of drug-likeness (QED) is 0.522. The molecule has 1 aliphatic heterocycles. The molecule has 1 heterocycles. The second kappa shape index (κ2) is 12.2. The number of amides is 2. The minimum Gasteiger partial charge on any atom is -0.456 e. The van der Waals surface area contributed by atoms with Crippen LogP contribution in [0.5, 0.6) is 0 Å². The first-order chi connectivity index (χ1) is 16.7. The van der Waals surface area contributed by atoms with Gasteiger partial charge in [0.25, 0.3) is 5.91 Å². The highest BCUT2D eigenvalue weighted by Crippen LogP contribution is 2.35. The van der Waals surface area contributed by atoms with E-state index >= 15 is 0 Å². The largest absolute Gasteiger partial charge is 0.456 e. The Kier molecular flexibility index (Phi) is 9.07. The molecule has 3 rings (SSSR count). The van der Waals surface area contributed by atoms with Gasteiger partial charge < -0.3 is 25.0 Å². The van der Waals surface area contributed by atoms with Crippen LogP contribution >= 0.6 is 0 Å². The van der Waals surface area contributed by atoms with Crippen LogP contribution in [0.3, 0.4) is 0 Å². The van der Waals surface area contributed by atoms with Crippen molar-refractivity contribution >= 4 is 29.2 Å². The Bertz CT molecular complexity index is 1020. The van der Waals surface area contributed by atoms with E-state index in [0.29, 0.717) is 32.0 Å². The number of anilines is 2. The molecule has 0 atom stereocenters. The molecule has 1 saturated heterocycles. The average molecular weight is 493 g/mol. The van der Waals surface area contributed by atoms with Crippen LogP contribution in [0, 0.1) is 0 Å². The summed E-state index contributed by atoms with van der Waals surface area (Å²) >= 11 is 0. The van der Waals surface area contributed by atoms with Gasteiger partial charge in [0.15, 0.2) is 6.61 Å². The molecule has 0 aromatic heterocycles. The zero-order valence-corrected chi connectivity index (χ0v) is 18.9. The number of rotatable bonds is 9. The molecule has 8 nitrogen and oxygen atoms in total. The average Bonchev–Trinajstić information content (AvgIpc) is 2.83. The lowest BCUT2D eigenvalue weighted by molar-refractivity contribution is -0.147. The first-order valence-electron chi connectivity index (χ1n) is 11.0. The Morgan fingerprint density at radius 1 is 1.00 bits per heavy atom. The summed E-state index contributed by atoms with van der Waals surface area (Å²) in [7, 11) is 0. The van der Waals surface area contributed by atoms with Crippen LogP contribution in [-0.4, -0.2) is 57.2 Å². The topological polar surface area (TPSA) is 97.0 Å². The highest BCUT2D eigenvalue weighted by atomic mass is 19.4. The maximum absolute atomic E-state index is 13.2. The van der Waals surface area contributed by atoms with Crippen LogP contribution < -0.4 is 15.5 Å². The smallest absolute Gasteiger partial charge is 0.416 e. The Labute approximate surface area is 200 Å². The summed E-state index contributed by atoms with van der Waals surface area (Å²) in [5, 5.41) is 5.00. The first-order valence-corrected chi connectivity index (χ1v) is 11.0. The zero-order valence-electron chi connectivity index (χ0n) is 18.9. The molecule has 2 aromatic rings. The third-order valence-electron chi connectivity index (χ3n) is 5.17. The van der Waals surface area contributed by atoms with Crippen molar-refractivity contribution in [2.45, 2.75) is 19.0 Å². The number of nitrogens with zero attached hydrogens (tertiary/aromatic N) is 1. The maximum Gasteiger partial charge on any atom is 0.416 e. The monoisotopic (exact) mass is 493 g/mol. The Hall–Kier alpha value is -3.60. The molecule has 188 valence electrons. The number of hydrogen-bond acceptors (Lipinski definition) is 6. The lowest BCUT2D eigenvalue weighted by atomic mass is 10.1. The van der Waals surface area contributed by atoms with Gasteiger partial charge in [-0.3, -0.25) is 14.4 Å². The second-order valence-corrected chi connectivity index (χ2v) is 7.80. The van der Waals surface area contributed by atoms with Gasteiger partial charge in [0.1, 0.15) is 0 Å². The van der Waals surface area contributed by atoms with Crippen molar-refractivity contribution in [2.75, 3.05) is 49.7 Å². The van der Waals surface area contributed by atoms with E-state index in [1.54, 1.807) is 12.1 Å². The van der Waals surface area contributed by atoms with Crippen LogP contribution in [0.2, 0.25) is 0 Å². The van der Waals surface area contributed by atoms with Crippen molar-refractivity contribution in [1.29, 1.82) is 0 Å². The normalized spacial score (nSPS) is 13.7. The lowest BCUT2D eigenvalue weighted by Crippen LogP contribution is -2.37. The second-order valence-electron chi connectivity index (χ2n) is 7.80. The lowest BCUT2D eigenvalue weighted by Gasteiger charge is -2.31. The summed E-state index contributed by atoms with van der Waals surface area (Å²) < 4.78 is 49.7. The molecule has 0 radical (unpaired) electrons. The number of morpholine rings is 1. The number of carbonyl (C=O) groups excluding carboxylic acids is 3. The van der Waals surface area contributed by atoms with Gasteiger partial charge in [-0.2, -0.15) is 13.2 Å². The van der Waals surface area contributed by atoms with Crippen LogP contribution in [0.4, 0.5) is 24.5 Å². The molecule has 0 saturated carbocycles. The summed E-state index contributed by atoms with van der Waals surface area (Å²) in [6.45, 7) is 1.09. The molecule has 1 aliphatic rings. The molecule has 1 fully saturated rings. The van der Waals surface area contributed by atoms with E-state index in [0.717, 1.165) is 17.7 Å². The fourth-order valence-electron chi connectivity index (χ4n) is 3.44. The third kappa shape index (κ3) is 8.29. The summed E-state index contributed by atoms with van der Waals surface area (Å²) in [5.41, 5.74) is 0.307. The Morgan fingerprint density at radius 3 is 2.40 bits per heavy atom. The fourth-order valence-corrected chi connectivity index (χ4v) is 3.44. The van der Waals surface area contributed by atoms with Gasteiger partial charge in [0.2, 0.25) is 5.91 Å². The number of esters is 1. The Balaban J connectivity index is 1.49. The number of carbonyl (C=O) groups is 3. The predicted octanol–water partition coefficient (Wildman–Crippen LogP) is 2.77. The van der Waals surface area contributed by atoms with Crippen LogP contribution in [0.15, 0.2) is 48.5 Å². The fraction of sp³-hybridized carbons (Fsp3) is 0.375. The molecule has 11 heteroatoms. The summed E-state index contributed by atoms with van der Waals surface area (Å²) in [6, 6.07) is 12.2. The minimum absolute atomic E-state index is 0.0287. The van der Waals surface area contributed by atoms with Crippen LogP contribution in [0.25, 0.3) is 0 Å². The molecule has 0 aliphatic carbocycles. The van der Waals surface area contributed by atoms with E-state index in [4.69, 9.17) is 9.47 Å². The Morgan fingerprint density at radius 2 is 1.71 bits per heavy atom. The summed E-state index contributed by atoms with van der Waals surface area (Å²) in [5.74, 6) is -1.76. The number of benzene rings is 2. The SMILES string of the molecule is O=C(Cc1ccccc1)NCCC(=O)OCC(=O)Nc1cc(C(F)(F)F)ccc1N1CCOCC1. The van der Waals surface area contributed by atoms with Gasteiger partial charge in [0, 0.05) is 19.6 Å². The molecule has 0 bridgehead atoms. The van der Waals surface area contributed by atoms with Gasteiger partial charge >= 0.3 is 12.1 Å². The van der Waals surface area contributed by atoms with Gasteiger partial charge in [-0.1, -0.05) is 30.3 Å². The minimum atomic E-state index is -4.58. The van der Waals surface area contributed by atoms with Gasteiger partial charge in [-0.05, 0) is 23.8 Å². The number of halogens is 3. The molecule has 0 spiro atoms. The molecule has 2 aromatic carbocycles. The molecular formula is C24H26F3N3O5. The first kappa shape index (κ1) is 26.0. The van der Waals surface area contributed by atoms with Crippen LogP contribution in [0.1, 0.15) is 17.5 Å². The molecule has 2 amide bonds. The molecular weight excluding hydrogens is 467 g/mol. The van der Waals surface area contributed by atoms with Gasteiger partial charge in [0.05, 0.1) is 43.0 Å². The van der Waals surface area contributed by atoms with Gasteiger partial charge in [-0.25, -0.2) is 0 Å². The highest BCUT2D eigenvalue weighted by Gasteiger charge is 2.32. The number of nitrogens with one attached hydrogen (secondary N) is 2. The standard InChI is InChI=1S/C24H26F3N3O5/c25-24(26,27)18-6-7-20(30-10-12-34-13-11-30)19(15-18)29-22(32)16-35-23(33)8-9-28-21(31)14-17-4-2-1-3-5-17/h1-7,15H,8-14,16H2,(H,28,31)(H,29,32). The van der Waals surface area contributed by atoms with Crippen molar-refractivity contribution in [2.24, 2.45) is 0 Å². The summed E-state index contributed by atoms with van der Waals surface area (Å²) in [4.78, 5) is 37.9. The van der Waals surface area contributed by atoms with E-state index in [1.807, 2.05) is 23.1 Å². The number of hydrogen-bond donors (Lipinski definition) is 2. The molecule has 2 N–H and O–H groups in total.